The number of esters is 1. The topological polar surface area (TPSA) is 55.4 Å². The molecule has 0 atom stereocenters. The Kier molecular flexibility index (Phi) is 6.85. The third-order valence-corrected chi connectivity index (χ3v) is 7.34. The quantitative estimate of drug-likeness (QED) is 0.684. The highest BCUT2D eigenvalue weighted by atomic mass is 32.2. The molecule has 1 amide bonds. The van der Waals surface area contributed by atoms with Gasteiger partial charge in [-0.3, -0.25) is 4.79 Å². The second kappa shape index (κ2) is 9.33. The summed E-state index contributed by atoms with van der Waals surface area (Å²) in [6.07, 6.45) is 0. The van der Waals surface area contributed by atoms with Gasteiger partial charge in [0.25, 0.3) is 5.91 Å². The molecule has 6 heteroatoms. The van der Waals surface area contributed by atoms with Gasteiger partial charge in [-0.1, -0.05) is 38.1 Å². The summed E-state index contributed by atoms with van der Waals surface area (Å²) < 4.78 is 5.58. The molecule has 142 valence electrons. The highest BCUT2D eigenvalue weighted by Crippen LogP contribution is 2.45. The molecule has 0 aromatic heterocycles. The monoisotopic (exact) mass is 401 g/mol. The van der Waals surface area contributed by atoms with Crippen LogP contribution in [0.15, 0.2) is 48.5 Å². The van der Waals surface area contributed by atoms with E-state index in [0.29, 0.717) is 21.8 Å². The average Bonchev–Trinajstić information content (AvgIpc) is 3.21. The fourth-order valence-electron chi connectivity index (χ4n) is 2.69. The maximum Gasteiger partial charge on any atom is 0.338 e. The minimum atomic E-state index is -0.487. The lowest BCUT2D eigenvalue weighted by atomic mass is 10.0. The van der Waals surface area contributed by atoms with E-state index in [-0.39, 0.29) is 12.5 Å². The van der Waals surface area contributed by atoms with E-state index in [1.165, 1.54) is 11.1 Å². The summed E-state index contributed by atoms with van der Waals surface area (Å²) in [6, 6.07) is 15.1. The largest absolute Gasteiger partial charge is 0.452 e. The summed E-state index contributed by atoms with van der Waals surface area (Å²) >= 11 is 3.84. The van der Waals surface area contributed by atoms with Gasteiger partial charge in [0.1, 0.15) is 0 Å². The summed E-state index contributed by atoms with van der Waals surface area (Å²) in [7, 11) is 0. The van der Waals surface area contributed by atoms with E-state index in [0.717, 1.165) is 11.5 Å². The summed E-state index contributed by atoms with van der Waals surface area (Å²) in [5.41, 5.74) is 3.57. The molecule has 1 fully saturated rings. The predicted octanol–water partition coefficient (Wildman–Crippen LogP) is 5.08. The SMILES string of the molecule is CC(C)c1ccc(NC(=O)COC(=O)c2ccc(C3SCCS3)cc2)cc1. The van der Waals surface area contributed by atoms with Crippen molar-refractivity contribution in [1.29, 1.82) is 0 Å². The number of rotatable bonds is 6. The lowest BCUT2D eigenvalue weighted by Gasteiger charge is -2.10. The third-order valence-electron chi connectivity index (χ3n) is 4.24. The van der Waals surface area contributed by atoms with Gasteiger partial charge in [-0.05, 0) is 41.3 Å². The van der Waals surface area contributed by atoms with Gasteiger partial charge in [-0.2, -0.15) is 0 Å². The van der Waals surface area contributed by atoms with Crippen LogP contribution >= 0.6 is 23.5 Å². The van der Waals surface area contributed by atoms with Crippen LogP contribution in [0.2, 0.25) is 0 Å². The first-order valence-corrected chi connectivity index (χ1v) is 11.0. The van der Waals surface area contributed by atoms with Gasteiger partial charge in [0.2, 0.25) is 0 Å². The van der Waals surface area contributed by atoms with Crippen molar-refractivity contribution in [2.45, 2.75) is 24.3 Å². The fourth-order valence-corrected chi connectivity index (χ4v) is 5.55. The molecule has 1 heterocycles. The summed E-state index contributed by atoms with van der Waals surface area (Å²) in [5.74, 6) is 1.92. The molecule has 1 saturated heterocycles. The molecule has 1 aliphatic rings. The molecule has 27 heavy (non-hydrogen) atoms. The Bertz CT molecular complexity index is 782. The van der Waals surface area contributed by atoms with Gasteiger partial charge >= 0.3 is 5.97 Å². The number of carbonyl (C=O) groups is 2. The first-order chi connectivity index (χ1) is 13.0. The number of thioether (sulfide) groups is 2. The number of carbonyl (C=O) groups excluding carboxylic acids is 2. The van der Waals surface area contributed by atoms with Crippen molar-refractivity contribution in [3.8, 4) is 0 Å². The minimum Gasteiger partial charge on any atom is -0.452 e. The summed E-state index contributed by atoms with van der Waals surface area (Å²) in [6.45, 7) is 3.93. The van der Waals surface area contributed by atoms with Crippen LogP contribution in [0.4, 0.5) is 5.69 Å². The van der Waals surface area contributed by atoms with Crippen LogP contribution in [0, 0.1) is 0 Å². The van der Waals surface area contributed by atoms with Gasteiger partial charge < -0.3 is 10.1 Å². The van der Waals surface area contributed by atoms with Crippen molar-refractivity contribution in [3.63, 3.8) is 0 Å². The third kappa shape index (κ3) is 5.53. The molecule has 0 bridgehead atoms. The Labute approximate surface area is 168 Å². The van der Waals surface area contributed by atoms with Crippen molar-refractivity contribution < 1.29 is 14.3 Å². The van der Waals surface area contributed by atoms with E-state index in [2.05, 4.69) is 19.2 Å². The number of amides is 1. The molecule has 0 spiro atoms. The molecular formula is C21H23NO3S2. The Balaban J connectivity index is 1.48. The zero-order chi connectivity index (χ0) is 19.2. The molecule has 0 aliphatic carbocycles. The molecule has 1 aliphatic heterocycles. The molecule has 1 N–H and O–H groups in total. The zero-order valence-corrected chi connectivity index (χ0v) is 17.1. The first kappa shape index (κ1) is 19.8. The van der Waals surface area contributed by atoms with Crippen LogP contribution in [0.5, 0.6) is 0 Å². The standard InChI is InChI=1S/C21H23NO3S2/c1-14(2)15-7-9-18(10-8-15)22-19(23)13-25-20(24)16-3-5-17(6-4-16)21-26-11-12-27-21/h3-10,14,21H,11-13H2,1-2H3,(H,22,23). The molecular weight excluding hydrogens is 378 g/mol. The predicted molar refractivity (Wildman–Crippen MR) is 114 cm³/mol. The smallest absolute Gasteiger partial charge is 0.338 e. The highest BCUT2D eigenvalue weighted by molar-refractivity contribution is 8.19. The van der Waals surface area contributed by atoms with Crippen molar-refractivity contribution in [2.24, 2.45) is 0 Å². The van der Waals surface area contributed by atoms with Crippen LogP contribution < -0.4 is 5.32 Å². The Hall–Kier alpha value is -1.92. The second-order valence-corrected chi connectivity index (χ2v) is 9.32. The number of benzene rings is 2. The molecule has 0 radical (unpaired) electrons. The van der Waals surface area contributed by atoms with Crippen LogP contribution in [0.3, 0.4) is 0 Å². The van der Waals surface area contributed by atoms with Crippen LogP contribution in [-0.2, 0) is 9.53 Å². The van der Waals surface area contributed by atoms with Gasteiger partial charge in [0, 0.05) is 17.2 Å². The molecule has 0 unspecified atom stereocenters. The van der Waals surface area contributed by atoms with Gasteiger partial charge in [0.15, 0.2) is 6.61 Å². The Morgan fingerprint density at radius 1 is 1.04 bits per heavy atom. The minimum absolute atomic E-state index is 0.305. The number of anilines is 1. The van der Waals surface area contributed by atoms with E-state index < -0.39 is 5.97 Å². The molecule has 0 saturated carbocycles. The molecule has 2 aromatic carbocycles. The van der Waals surface area contributed by atoms with Crippen molar-refractivity contribution >= 4 is 41.1 Å². The summed E-state index contributed by atoms with van der Waals surface area (Å²) in [4.78, 5) is 24.1. The maximum atomic E-state index is 12.1. The lowest BCUT2D eigenvalue weighted by molar-refractivity contribution is -0.119. The van der Waals surface area contributed by atoms with Crippen LogP contribution in [-0.4, -0.2) is 30.0 Å². The van der Waals surface area contributed by atoms with Gasteiger partial charge in [0.05, 0.1) is 10.1 Å². The zero-order valence-electron chi connectivity index (χ0n) is 15.4. The average molecular weight is 402 g/mol. The van der Waals surface area contributed by atoms with E-state index in [4.69, 9.17) is 4.74 Å². The summed E-state index contributed by atoms with van der Waals surface area (Å²) in [5, 5.41) is 2.74. The number of ether oxygens (including phenoxy) is 1. The van der Waals surface area contributed by atoms with Crippen molar-refractivity contribution in [3.05, 3.63) is 65.2 Å². The molecule has 4 nitrogen and oxygen atoms in total. The normalized spacial score (nSPS) is 14.3. The van der Waals surface area contributed by atoms with Crippen LogP contribution in [0.1, 0.15) is 45.8 Å². The number of hydrogen-bond acceptors (Lipinski definition) is 5. The maximum absolute atomic E-state index is 12.1. The second-order valence-electron chi connectivity index (χ2n) is 6.60. The fraction of sp³-hybridized carbons (Fsp3) is 0.333. The van der Waals surface area contributed by atoms with Gasteiger partial charge in [-0.15, -0.1) is 23.5 Å². The Morgan fingerprint density at radius 3 is 2.26 bits per heavy atom. The number of nitrogens with one attached hydrogen (secondary N) is 1. The number of hydrogen-bond donors (Lipinski definition) is 1. The van der Waals surface area contributed by atoms with E-state index in [1.54, 1.807) is 12.1 Å². The van der Waals surface area contributed by atoms with Gasteiger partial charge in [-0.25, -0.2) is 4.79 Å². The molecule has 2 aromatic rings. The lowest BCUT2D eigenvalue weighted by Crippen LogP contribution is -2.20. The molecule has 3 rings (SSSR count). The van der Waals surface area contributed by atoms with Crippen molar-refractivity contribution in [1.82, 2.24) is 0 Å². The van der Waals surface area contributed by atoms with Crippen molar-refractivity contribution in [2.75, 3.05) is 23.4 Å². The first-order valence-electron chi connectivity index (χ1n) is 8.93. The van der Waals surface area contributed by atoms with E-state index in [1.807, 2.05) is 59.9 Å². The van der Waals surface area contributed by atoms with E-state index >= 15 is 0 Å². The Morgan fingerprint density at radius 2 is 1.67 bits per heavy atom. The van der Waals surface area contributed by atoms with Crippen LogP contribution in [0.25, 0.3) is 0 Å². The van der Waals surface area contributed by atoms with E-state index in [9.17, 15) is 9.59 Å². The highest BCUT2D eigenvalue weighted by Gasteiger charge is 2.19.